The topological polar surface area (TPSA) is 63.4 Å². The van der Waals surface area contributed by atoms with E-state index in [4.69, 9.17) is 16.0 Å². The van der Waals surface area contributed by atoms with Gasteiger partial charge in [0.05, 0.1) is 23.1 Å². The minimum Gasteiger partial charge on any atom is -0.440 e. The standard InChI is InChI=1S/C21H17ClN2O3S/c22-15-8-6-14(7-9-15)18-12-23-19(27-18)13-28-11-3-10-24-20(25)16-4-1-2-5-17(16)21(24)26/h1-2,4-9,12H,3,10-11,13H2. The Morgan fingerprint density at radius 1 is 1.00 bits per heavy atom. The van der Waals surface area contributed by atoms with E-state index < -0.39 is 0 Å². The van der Waals surface area contributed by atoms with Gasteiger partial charge in [-0.25, -0.2) is 4.98 Å². The maximum absolute atomic E-state index is 12.3. The van der Waals surface area contributed by atoms with Crippen LogP contribution in [-0.2, 0) is 5.75 Å². The fourth-order valence-corrected chi connectivity index (χ4v) is 3.96. The summed E-state index contributed by atoms with van der Waals surface area (Å²) in [6.45, 7) is 0.418. The zero-order valence-electron chi connectivity index (χ0n) is 14.9. The number of hydrogen-bond acceptors (Lipinski definition) is 5. The first kappa shape index (κ1) is 18.8. The molecule has 0 unspecified atom stereocenters. The number of amides is 2. The normalized spacial score (nSPS) is 13.2. The highest BCUT2D eigenvalue weighted by Gasteiger charge is 2.34. The van der Waals surface area contributed by atoms with Crippen LogP contribution in [0.15, 0.2) is 59.1 Å². The quantitative estimate of drug-likeness (QED) is 0.407. The van der Waals surface area contributed by atoms with E-state index in [9.17, 15) is 9.59 Å². The molecule has 0 spiro atoms. The zero-order chi connectivity index (χ0) is 19.5. The molecule has 0 N–H and O–H groups in total. The number of fused-ring (bicyclic) bond motifs is 1. The van der Waals surface area contributed by atoms with E-state index in [2.05, 4.69) is 4.98 Å². The second-order valence-electron chi connectivity index (χ2n) is 6.34. The number of halogens is 1. The molecule has 4 rings (SSSR count). The third-order valence-corrected chi connectivity index (χ3v) is 5.74. The van der Waals surface area contributed by atoms with Gasteiger partial charge in [0.1, 0.15) is 0 Å². The van der Waals surface area contributed by atoms with E-state index in [1.54, 1.807) is 42.2 Å². The van der Waals surface area contributed by atoms with Crippen molar-refractivity contribution in [1.29, 1.82) is 0 Å². The average Bonchev–Trinajstić information content (AvgIpc) is 3.27. The Bertz CT molecular complexity index is 981. The summed E-state index contributed by atoms with van der Waals surface area (Å²) in [7, 11) is 0. The number of carbonyl (C=O) groups is 2. The number of benzene rings is 2. The van der Waals surface area contributed by atoms with Crippen LogP contribution < -0.4 is 0 Å². The molecule has 7 heteroatoms. The van der Waals surface area contributed by atoms with Crippen LogP contribution >= 0.6 is 23.4 Å². The van der Waals surface area contributed by atoms with Gasteiger partial charge < -0.3 is 4.42 Å². The van der Waals surface area contributed by atoms with Crippen molar-refractivity contribution in [3.63, 3.8) is 0 Å². The molecule has 28 heavy (non-hydrogen) atoms. The molecule has 2 aromatic carbocycles. The molecule has 0 radical (unpaired) electrons. The SMILES string of the molecule is O=C1c2ccccc2C(=O)N1CCCSCc1ncc(-c2ccc(Cl)cc2)o1. The molecule has 5 nitrogen and oxygen atoms in total. The fraction of sp³-hybridized carbons (Fsp3) is 0.190. The maximum atomic E-state index is 12.3. The molecule has 1 aliphatic rings. The van der Waals surface area contributed by atoms with Crippen LogP contribution in [0.1, 0.15) is 33.0 Å². The van der Waals surface area contributed by atoms with E-state index >= 15 is 0 Å². The Labute approximate surface area is 171 Å². The second kappa shape index (κ2) is 8.20. The molecule has 142 valence electrons. The van der Waals surface area contributed by atoms with Crippen LogP contribution in [0.2, 0.25) is 5.02 Å². The number of thioether (sulfide) groups is 1. The van der Waals surface area contributed by atoms with Crippen LogP contribution in [0.4, 0.5) is 0 Å². The number of carbonyl (C=O) groups excluding carboxylic acids is 2. The number of nitrogens with zero attached hydrogens (tertiary/aromatic N) is 2. The molecule has 1 aromatic heterocycles. The van der Waals surface area contributed by atoms with Crippen molar-refractivity contribution in [1.82, 2.24) is 9.88 Å². The van der Waals surface area contributed by atoms with Gasteiger partial charge in [0.25, 0.3) is 11.8 Å². The number of aromatic nitrogens is 1. The Morgan fingerprint density at radius 3 is 2.36 bits per heavy atom. The van der Waals surface area contributed by atoms with Gasteiger partial charge in [-0.1, -0.05) is 23.7 Å². The minimum absolute atomic E-state index is 0.203. The van der Waals surface area contributed by atoms with Crippen LogP contribution in [0.5, 0.6) is 0 Å². The molecule has 0 bridgehead atoms. The summed E-state index contributed by atoms with van der Waals surface area (Å²) in [6, 6.07) is 14.4. The monoisotopic (exact) mass is 412 g/mol. The number of imide groups is 1. The predicted molar refractivity (Wildman–Crippen MR) is 110 cm³/mol. The molecule has 0 atom stereocenters. The molecule has 2 amide bonds. The average molecular weight is 413 g/mol. The van der Waals surface area contributed by atoms with Crippen LogP contribution in [0.25, 0.3) is 11.3 Å². The van der Waals surface area contributed by atoms with Gasteiger partial charge in [-0.3, -0.25) is 14.5 Å². The summed E-state index contributed by atoms with van der Waals surface area (Å²) in [4.78, 5) is 30.3. The first-order valence-electron chi connectivity index (χ1n) is 8.87. The lowest BCUT2D eigenvalue weighted by atomic mass is 10.1. The third-order valence-electron chi connectivity index (χ3n) is 4.46. The maximum Gasteiger partial charge on any atom is 0.261 e. The third kappa shape index (κ3) is 3.84. The Balaban J connectivity index is 1.24. The van der Waals surface area contributed by atoms with Gasteiger partial charge in [-0.15, -0.1) is 0 Å². The minimum atomic E-state index is -0.203. The van der Waals surface area contributed by atoms with Gasteiger partial charge in [-0.05, 0) is 48.6 Å². The summed E-state index contributed by atoms with van der Waals surface area (Å²) in [5.41, 5.74) is 1.92. The van der Waals surface area contributed by atoms with Crippen molar-refractivity contribution in [3.05, 3.63) is 76.8 Å². The highest BCUT2D eigenvalue weighted by atomic mass is 35.5. The molecular weight excluding hydrogens is 396 g/mol. The van der Waals surface area contributed by atoms with Crippen molar-refractivity contribution < 1.29 is 14.0 Å². The van der Waals surface area contributed by atoms with Crippen molar-refractivity contribution in [2.45, 2.75) is 12.2 Å². The zero-order valence-corrected chi connectivity index (χ0v) is 16.5. The first-order valence-corrected chi connectivity index (χ1v) is 10.4. The van der Waals surface area contributed by atoms with E-state index in [1.807, 2.05) is 24.3 Å². The summed E-state index contributed by atoms with van der Waals surface area (Å²) >= 11 is 7.56. The Kier molecular flexibility index (Phi) is 5.50. The van der Waals surface area contributed by atoms with Gasteiger partial charge in [0, 0.05) is 17.1 Å². The molecule has 0 fully saturated rings. The summed E-state index contributed by atoms with van der Waals surface area (Å²) in [5, 5.41) is 0.678. The van der Waals surface area contributed by atoms with Crippen LogP contribution in [-0.4, -0.2) is 34.0 Å². The van der Waals surface area contributed by atoms with Gasteiger partial charge in [-0.2, -0.15) is 11.8 Å². The molecular formula is C21H17ClN2O3S. The highest BCUT2D eigenvalue weighted by Crippen LogP contribution is 2.25. The van der Waals surface area contributed by atoms with Crippen LogP contribution in [0.3, 0.4) is 0 Å². The molecule has 3 aromatic rings. The van der Waals surface area contributed by atoms with Crippen molar-refractivity contribution in [2.75, 3.05) is 12.3 Å². The van der Waals surface area contributed by atoms with E-state index in [0.29, 0.717) is 40.1 Å². The van der Waals surface area contributed by atoms with Gasteiger partial charge in [0.2, 0.25) is 5.89 Å². The van der Waals surface area contributed by atoms with Crippen molar-refractivity contribution in [3.8, 4) is 11.3 Å². The smallest absolute Gasteiger partial charge is 0.261 e. The molecule has 1 aliphatic heterocycles. The van der Waals surface area contributed by atoms with Crippen molar-refractivity contribution in [2.24, 2.45) is 0 Å². The largest absolute Gasteiger partial charge is 0.440 e. The summed E-state index contributed by atoms with van der Waals surface area (Å²) in [6.07, 6.45) is 2.43. The van der Waals surface area contributed by atoms with E-state index in [1.165, 1.54) is 4.90 Å². The lowest BCUT2D eigenvalue weighted by Crippen LogP contribution is -2.31. The Morgan fingerprint density at radius 2 is 1.68 bits per heavy atom. The molecule has 0 saturated heterocycles. The number of hydrogen-bond donors (Lipinski definition) is 0. The van der Waals surface area contributed by atoms with Gasteiger partial charge >= 0.3 is 0 Å². The van der Waals surface area contributed by atoms with E-state index in [-0.39, 0.29) is 11.8 Å². The predicted octanol–water partition coefficient (Wildman–Crippen LogP) is 4.91. The summed E-state index contributed by atoms with van der Waals surface area (Å²) < 4.78 is 5.77. The molecule has 0 aliphatic carbocycles. The van der Waals surface area contributed by atoms with Crippen LogP contribution in [0, 0.1) is 0 Å². The Hall–Kier alpha value is -2.57. The lowest BCUT2D eigenvalue weighted by Gasteiger charge is -2.13. The molecule has 2 heterocycles. The lowest BCUT2D eigenvalue weighted by molar-refractivity contribution is 0.0655. The van der Waals surface area contributed by atoms with Gasteiger partial charge in [0.15, 0.2) is 5.76 Å². The summed E-state index contributed by atoms with van der Waals surface area (Å²) in [5.74, 6) is 2.38. The molecule has 0 saturated carbocycles. The number of rotatable bonds is 7. The number of oxazole rings is 1. The fourth-order valence-electron chi connectivity index (χ4n) is 3.05. The van der Waals surface area contributed by atoms with Crippen molar-refractivity contribution >= 4 is 35.2 Å². The second-order valence-corrected chi connectivity index (χ2v) is 7.88. The van der Waals surface area contributed by atoms with E-state index in [0.717, 1.165) is 17.7 Å². The first-order chi connectivity index (χ1) is 13.6. The highest BCUT2D eigenvalue weighted by molar-refractivity contribution is 7.98.